The number of esters is 2. The number of anilines is 1. The van der Waals surface area contributed by atoms with Gasteiger partial charge in [0.05, 0.1) is 26.3 Å². The third-order valence-corrected chi connectivity index (χ3v) is 6.34. The van der Waals surface area contributed by atoms with Crippen LogP contribution in [0, 0.1) is 0 Å². The van der Waals surface area contributed by atoms with E-state index in [4.69, 9.17) is 31.9 Å². The van der Waals surface area contributed by atoms with Crippen LogP contribution in [0.3, 0.4) is 0 Å². The highest BCUT2D eigenvalue weighted by Gasteiger charge is 2.29. The summed E-state index contributed by atoms with van der Waals surface area (Å²) in [5, 5.41) is 5.29. The SMILES string of the molecule is COC(=O)Cc1c(C(=O)OC)[nH]c(=O)c2c(Cc3ccccc3Cl)c(N3CCCC(N)C3)nn12. The average molecular weight is 488 g/mol. The molecule has 1 aromatic carbocycles. The molecule has 3 N–H and O–H groups in total. The molecule has 1 fully saturated rings. The van der Waals surface area contributed by atoms with Crippen molar-refractivity contribution in [3.63, 3.8) is 0 Å². The quantitative estimate of drug-likeness (QED) is 0.502. The van der Waals surface area contributed by atoms with E-state index < -0.39 is 17.5 Å². The minimum Gasteiger partial charge on any atom is -0.469 e. The predicted molar refractivity (Wildman–Crippen MR) is 127 cm³/mol. The number of piperidine rings is 1. The molecule has 10 nitrogen and oxygen atoms in total. The molecule has 0 spiro atoms. The van der Waals surface area contributed by atoms with Crippen molar-refractivity contribution >= 4 is 34.9 Å². The van der Waals surface area contributed by atoms with E-state index in [1.54, 1.807) is 6.07 Å². The molecule has 0 aliphatic carbocycles. The Hall–Kier alpha value is -3.37. The molecule has 0 bridgehead atoms. The van der Waals surface area contributed by atoms with Gasteiger partial charge in [-0.25, -0.2) is 9.31 Å². The summed E-state index contributed by atoms with van der Waals surface area (Å²) in [7, 11) is 2.44. The maximum absolute atomic E-state index is 13.3. The van der Waals surface area contributed by atoms with Crippen molar-refractivity contribution in [1.82, 2.24) is 14.6 Å². The topological polar surface area (TPSA) is 132 Å². The van der Waals surface area contributed by atoms with Gasteiger partial charge in [-0.15, -0.1) is 5.10 Å². The molecule has 3 heterocycles. The fraction of sp³-hybridized carbons (Fsp3) is 0.391. The monoisotopic (exact) mass is 487 g/mol. The molecule has 1 atom stereocenters. The third kappa shape index (κ3) is 4.51. The van der Waals surface area contributed by atoms with Crippen LogP contribution in [0.2, 0.25) is 5.02 Å². The minimum absolute atomic E-state index is 0.0369. The Bertz CT molecular complexity index is 1300. The Kier molecular flexibility index (Phi) is 6.90. The zero-order valence-corrected chi connectivity index (χ0v) is 19.7. The van der Waals surface area contributed by atoms with Gasteiger partial charge in [0.15, 0.2) is 5.82 Å². The van der Waals surface area contributed by atoms with Gasteiger partial charge in [-0.3, -0.25) is 9.59 Å². The van der Waals surface area contributed by atoms with Crippen LogP contribution in [-0.4, -0.2) is 59.9 Å². The predicted octanol–water partition coefficient (Wildman–Crippen LogP) is 1.70. The number of nitrogens with two attached hydrogens (primary N) is 1. The summed E-state index contributed by atoms with van der Waals surface area (Å²) in [5.74, 6) is -0.820. The van der Waals surface area contributed by atoms with E-state index in [1.807, 2.05) is 23.1 Å². The van der Waals surface area contributed by atoms with Gasteiger partial charge in [-0.2, -0.15) is 0 Å². The van der Waals surface area contributed by atoms with E-state index in [-0.39, 0.29) is 29.4 Å². The van der Waals surface area contributed by atoms with Crippen LogP contribution >= 0.6 is 11.6 Å². The number of nitrogens with one attached hydrogen (secondary N) is 1. The number of hydrogen-bond acceptors (Lipinski definition) is 8. The number of rotatable bonds is 6. The number of aromatic nitrogens is 3. The average Bonchev–Trinajstić information content (AvgIpc) is 3.21. The Morgan fingerprint density at radius 3 is 2.71 bits per heavy atom. The van der Waals surface area contributed by atoms with Crippen molar-refractivity contribution in [2.24, 2.45) is 5.73 Å². The maximum Gasteiger partial charge on any atom is 0.356 e. The number of aromatic amines is 1. The first-order chi connectivity index (χ1) is 16.3. The van der Waals surface area contributed by atoms with Gasteiger partial charge in [-0.05, 0) is 24.5 Å². The van der Waals surface area contributed by atoms with E-state index in [0.29, 0.717) is 35.9 Å². The van der Waals surface area contributed by atoms with Crippen molar-refractivity contribution in [3.05, 3.63) is 62.2 Å². The number of carbonyl (C=O) groups is 2. The summed E-state index contributed by atoms with van der Waals surface area (Å²) < 4.78 is 11.0. The number of methoxy groups -OCH3 is 2. The smallest absolute Gasteiger partial charge is 0.356 e. The van der Waals surface area contributed by atoms with Crippen molar-refractivity contribution in [1.29, 1.82) is 0 Å². The number of ether oxygens (including phenoxy) is 2. The number of nitrogens with zero attached hydrogens (tertiary/aromatic N) is 3. The largest absolute Gasteiger partial charge is 0.469 e. The molecule has 2 aromatic heterocycles. The zero-order chi connectivity index (χ0) is 24.4. The van der Waals surface area contributed by atoms with Crippen LogP contribution in [0.4, 0.5) is 5.82 Å². The summed E-state index contributed by atoms with van der Waals surface area (Å²) in [6.07, 6.45) is 1.80. The van der Waals surface area contributed by atoms with Crippen LogP contribution in [-0.2, 0) is 27.1 Å². The van der Waals surface area contributed by atoms with Gasteiger partial charge in [0.2, 0.25) is 0 Å². The Morgan fingerprint density at radius 1 is 1.26 bits per heavy atom. The fourth-order valence-corrected chi connectivity index (χ4v) is 4.52. The van der Waals surface area contributed by atoms with E-state index in [2.05, 4.69) is 4.98 Å². The number of hydrogen-bond donors (Lipinski definition) is 2. The van der Waals surface area contributed by atoms with Gasteiger partial charge in [0.1, 0.15) is 11.2 Å². The molecule has 1 unspecified atom stereocenters. The normalized spacial score (nSPS) is 16.0. The zero-order valence-electron chi connectivity index (χ0n) is 19.0. The van der Waals surface area contributed by atoms with E-state index in [1.165, 1.54) is 18.7 Å². The minimum atomic E-state index is -0.789. The number of halogens is 1. The second-order valence-corrected chi connectivity index (χ2v) is 8.61. The van der Waals surface area contributed by atoms with E-state index in [9.17, 15) is 14.4 Å². The first-order valence-corrected chi connectivity index (χ1v) is 11.3. The van der Waals surface area contributed by atoms with Gasteiger partial charge >= 0.3 is 11.9 Å². The molecular formula is C23H26ClN5O5. The second-order valence-electron chi connectivity index (χ2n) is 8.20. The van der Waals surface area contributed by atoms with Gasteiger partial charge in [0.25, 0.3) is 5.56 Å². The van der Waals surface area contributed by atoms with Crippen molar-refractivity contribution in [2.75, 3.05) is 32.2 Å². The lowest BCUT2D eigenvalue weighted by Crippen LogP contribution is -2.43. The molecule has 1 aliphatic rings. The number of H-pyrrole nitrogens is 1. The molecule has 0 radical (unpaired) electrons. The molecule has 0 saturated carbocycles. The van der Waals surface area contributed by atoms with Crippen molar-refractivity contribution < 1.29 is 19.1 Å². The van der Waals surface area contributed by atoms with Crippen molar-refractivity contribution in [2.45, 2.75) is 31.7 Å². The number of fused-ring (bicyclic) bond motifs is 1. The fourth-order valence-electron chi connectivity index (χ4n) is 4.31. The second kappa shape index (κ2) is 9.86. The van der Waals surface area contributed by atoms with Crippen molar-refractivity contribution in [3.8, 4) is 0 Å². The highest BCUT2D eigenvalue weighted by atomic mass is 35.5. The molecule has 4 rings (SSSR count). The standard InChI is InChI=1S/C23H26ClN5O5/c1-33-18(30)11-17-19(23(32)34-2)26-22(31)20-15(10-13-6-3-4-8-16(13)24)21(27-29(17)20)28-9-5-7-14(25)12-28/h3-4,6,8,14H,5,7,9-12,25H2,1-2H3,(H,26,31). The Labute approximate surface area is 200 Å². The lowest BCUT2D eigenvalue weighted by atomic mass is 10.0. The molecule has 1 aliphatic heterocycles. The Balaban J connectivity index is 2.00. The van der Waals surface area contributed by atoms with Crippen LogP contribution in [0.1, 0.15) is 40.2 Å². The van der Waals surface area contributed by atoms with E-state index >= 15 is 0 Å². The van der Waals surface area contributed by atoms with Gasteiger partial charge in [0, 0.05) is 36.1 Å². The molecule has 3 aromatic rings. The molecule has 34 heavy (non-hydrogen) atoms. The van der Waals surface area contributed by atoms with Crippen LogP contribution in [0.25, 0.3) is 5.52 Å². The molecule has 11 heteroatoms. The summed E-state index contributed by atoms with van der Waals surface area (Å²) >= 11 is 6.43. The summed E-state index contributed by atoms with van der Waals surface area (Å²) in [6.45, 7) is 1.27. The highest BCUT2D eigenvalue weighted by Crippen LogP contribution is 2.30. The number of carbonyl (C=O) groups excluding carboxylic acids is 2. The number of benzene rings is 1. The lowest BCUT2D eigenvalue weighted by molar-refractivity contribution is -0.139. The first kappa shape index (κ1) is 23.8. The molecule has 1 saturated heterocycles. The summed E-state index contributed by atoms with van der Waals surface area (Å²) in [4.78, 5) is 42.5. The third-order valence-electron chi connectivity index (χ3n) is 5.97. The van der Waals surface area contributed by atoms with Crippen LogP contribution in [0.5, 0.6) is 0 Å². The highest BCUT2D eigenvalue weighted by molar-refractivity contribution is 6.31. The Morgan fingerprint density at radius 2 is 2.03 bits per heavy atom. The summed E-state index contributed by atoms with van der Waals surface area (Å²) in [6, 6.07) is 7.32. The molecule has 180 valence electrons. The lowest BCUT2D eigenvalue weighted by Gasteiger charge is -2.31. The molecule has 0 amide bonds. The van der Waals surface area contributed by atoms with Gasteiger partial charge in [-0.1, -0.05) is 29.8 Å². The maximum atomic E-state index is 13.3. The summed E-state index contributed by atoms with van der Waals surface area (Å²) in [5.41, 5.74) is 7.37. The van der Waals surface area contributed by atoms with E-state index in [0.717, 1.165) is 18.4 Å². The van der Waals surface area contributed by atoms with Gasteiger partial charge < -0.3 is 25.1 Å². The first-order valence-electron chi connectivity index (χ1n) is 10.9. The van der Waals surface area contributed by atoms with Crippen LogP contribution in [0.15, 0.2) is 29.1 Å². The van der Waals surface area contributed by atoms with Crippen LogP contribution < -0.4 is 16.2 Å². The molecular weight excluding hydrogens is 462 g/mol.